The second-order valence-electron chi connectivity index (χ2n) is 7.13. The van der Waals surface area contributed by atoms with Gasteiger partial charge in [-0.3, -0.25) is 4.79 Å². The first-order chi connectivity index (χ1) is 13.0. The molecule has 8 heteroatoms. The van der Waals surface area contributed by atoms with Crippen molar-refractivity contribution >= 4 is 18.1 Å². The van der Waals surface area contributed by atoms with E-state index in [2.05, 4.69) is 5.32 Å². The van der Waals surface area contributed by atoms with Gasteiger partial charge in [-0.2, -0.15) is 0 Å². The average molecular weight is 383 g/mol. The predicted molar refractivity (Wildman–Crippen MR) is 100 cm³/mol. The quantitative estimate of drug-likeness (QED) is 0.488. The van der Waals surface area contributed by atoms with Crippen LogP contribution >= 0.6 is 0 Å². The molecule has 27 heavy (non-hydrogen) atoms. The molecule has 0 radical (unpaired) electrons. The fraction of sp³-hybridized carbons (Fsp3) is 0.842. The Hall–Kier alpha value is -1.99. The van der Waals surface area contributed by atoms with Gasteiger partial charge in [0.15, 0.2) is 0 Å². The van der Waals surface area contributed by atoms with Crippen LogP contribution in [0.4, 0.5) is 9.59 Å². The number of ether oxygens (including phenoxy) is 2. The van der Waals surface area contributed by atoms with Crippen molar-refractivity contribution < 1.29 is 23.9 Å². The van der Waals surface area contributed by atoms with Crippen LogP contribution in [0.15, 0.2) is 0 Å². The van der Waals surface area contributed by atoms with Crippen molar-refractivity contribution in [3.63, 3.8) is 0 Å². The van der Waals surface area contributed by atoms with E-state index >= 15 is 0 Å². The molecule has 2 aliphatic rings. The molecule has 0 saturated carbocycles. The number of amides is 3. The van der Waals surface area contributed by atoms with Gasteiger partial charge < -0.3 is 24.6 Å². The van der Waals surface area contributed by atoms with Crippen molar-refractivity contribution in [3.8, 4) is 0 Å². The molecule has 2 saturated heterocycles. The van der Waals surface area contributed by atoms with Gasteiger partial charge >= 0.3 is 18.1 Å². The molecule has 0 aliphatic carbocycles. The first-order valence-corrected chi connectivity index (χ1v) is 10.2. The maximum atomic E-state index is 12.3. The van der Waals surface area contributed by atoms with E-state index in [9.17, 15) is 14.4 Å². The van der Waals surface area contributed by atoms with Crippen LogP contribution in [0, 0.1) is 0 Å². The molecule has 1 N–H and O–H groups in total. The molecule has 0 aromatic rings. The Morgan fingerprint density at radius 1 is 1.19 bits per heavy atom. The Kier molecular flexibility index (Phi) is 8.67. The molecule has 3 amide bonds. The van der Waals surface area contributed by atoms with Gasteiger partial charge in [-0.15, -0.1) is 0 Å². The topological polar surface area (TPSA) is 88.2 Å². The Bertz CT molecular complexity index is 506. The molecule has 2 heterocycles. The van der Waals surface area contributed by atoms with Crippen LogP contribution in [-0.4, -0.2) is 72.8 Å². The highest BCUT2D eigenvalue weighted by molar-refractivity contribution is 5.74. The van der Waals surface area contributed by atoms with Gasteiger partial charge in [0, 0.05) is 32.1 Å². The number of hydrogen-bond donors (Lipinski definition) is 1. The maximum Gasteiger partial charge on any atom is 0.410 e. The minimum absolute atomic E-state index is 0.00246. The lowest BCUT2D eigenvalue weighted by Gasteiger charge is -2.35. The van der Waals surface area contributed by atoms with E-state index in [1.807, 2.05) is 16.7 Å². The lowest BCUT2D eigenvalue weighted by atomic mass is 10.0. The summed E-state index contributed by atoms with van der Waals surface area (Å²) < 4.78 is 10.2. The highest BCUT2D eigenvalue weighted by Gasteiger charge is 2.37. The third kappa shape index (κ3) is 6.59. The summed E-state index contributed by atoms with van der Waals surface area (Å²) in [5, 5.41) is 2.94. The summed E-state index contributed by atoms with van der Waals surface area (Å²) in [5.74, 6) is -0.156. The van der Waals surface area contributed by atoms with Gasteiger partial charge in [-0.25, -0.2) is 9.59 Å². The molecule has 0 spiro atoms. The van der Waals surface area contributed by atoms with E-state index in [0.29, 0.717) is 39.2 Å². The van der Waals surface area contributed by atoms with Crippen LogP contribution in [0.3, 0.4) is 0 Å². The molecule has 0 bridgehead atoms. The number of hydrogen-bond acceptors (Lipinski definition) is 5. The average Bonchev–Trinajstić information content (AvgIpc) is 3.05. The van der Waals surface area contributed by atoms with Gasteiger partial charge in [-0.1, -0.05) is 13.3 Å². The van der Waals surface area contributed by atoms with Gasteiger partial charge in [-0.05, 0) is 39.0 Å². The van der Waals surface area contributed by atoms with Crippen LogP contribution < -0.4 is 5.32 Å². The molecule has 2 rings (SSSR count). The van der Waals surface area contributed by atoms with Gasteiger partial charge in [0.05, 0.1) is 13.2 Å². The van der Waals surface area contributed by atoms with E-state index in [-0.39, 0.29) is 30.2 Å². The molecule has 1 atom stereocenters. The standard InChI is InChI=1S/C19H33N3O5/c1-3-16-14-22(19(25)27-16)15-9-12-21(13-10-15)18(24)20-11-7-5-6-8-17(23)26-4-2/h15-16H,3-14H2,1-2H3,(H,20,24). The molecule has 2 fully saturated rings. The van der Waals surface area contributed by atoms with Crippen molar-refractivity contribution in [3.05, 3.63) is 0 Å². The number of cyclic esters (lactones) is 1. The molecule has 8 nitrogen and oxygen atoms in total. The zero-order valence-electron chi connectivity index (χ0n) is 16.6. The minimum Gasteiger partial charge on any atom is -0.466 e. The van der Waals surface area contributed by atoms with Crippen molar-refractivity contribution in [1.29, 1.82) is 0 Å². The van der Waals surface area contributed by atoms with Crippen LogP contribution in [0.5, 0.6) is 0 Å². The summed E-state index contributed by atoms with van der Waals surface area (Å²) in [6.45, 7) is 6.82. The summed E-state index contributed by atoms with van der Waals surface area (Å²) in [6, 6.07) is 0.121. The summed E-state index contributed by atoms with van der Waals surface area (Å²) in [6.07, 6.45) is 5.16. The number of carbonyl (C=O) groups excluding carboxylic acids is 3. The van der Waals surface area contributed by atoms with Crippen molar-refractivity contribution in [2.24, 2.45) is 0 Å². The monoisotopic (exact) mass is 383 g/mol. The third-order valence-electron chi connectivity index (χ3n) is 5.19. The summed E-state index contributed by atoms with van der Waals surface area (Å²) in [7, 11) is 0. The molecule has 154 valence electrons. The zero-order chi connectivity index (χ0) is 19.6. The van der Waals surface area contributed by atoms with Crippen LogP contribution in [-0.2, 0) is 14.3 Å². The fourth-order valence-corrected chi connectivity index (χ4v) is 3.54. The van der Waals surface area contributed by atoms with Gasteiger partial charge in [0.2, 0.25) is 0 Å². The largest absolute Gasteiger partial charge is 0.466 e. The van der Waals surface area contributed by atoms with Crippen molar-refractivity contribution in [2.75, 3.05) is 32.8 Å². The van der Waals surface area contributed by atoms with Gasteiger partial charge in [0.25, 0.3) is 0 Å². The van der Waals surface area contributed by atoms with Crippen molar-refractivity contribution in [2.45, 2.75) is 70.9 Å². The molecular formula is C19H33N3O5. The number of unbranched alkanes of at least 4 members (excludes halogenated alkanes) is 2. The van der Waals surface area contributed by atoms with E-state index in [4.69, 9.17) is 9.47 Å². The fourth-order valence-electron chi connectivity index (χ4n) is 3.54. The number of nitrogens with one attached hydrogen (secondary N) is 1. The predicted octanol–water partition coefficient (Wildman–Crippen LogP) is 2.51. The second-order valence-corrected chi connectivity index (χ2v) is 7.13. The molecule has 0 aromatic heterocycles. The molecule has 1 unspecified atom stereocenters. The Labute approximate surface area is 161 Å². The van der Waals surface area contributed by atoms with E-state index in [1.54, 1.807) is 6.92 Å². The number of likely N-dealkylation sites (tertiary alicyclic amines) is 1. The summed E-state index contributed by atoms with van der Waals surface area (Å²) >= 11 is 0. The lowest BCUT2D eigenvalue weighted by molar-refractivity contribution is -0.143. The first kappa shape index (κ1) is 21.3. The number of piperidine rings is 1. The molecule has 0 aromatic carbocycles. The number of carbonyl (C=O) groups is 3. The van der Waals surface area contributed by atoms with Crippen LogP contribution in [0.2, 0.25) is 0 Å². The Morgan fingerprint density at radius 3 is 2.56 bits per heavy atom. The third-order valence-corrected chi connectivity index (χ3v) is 5.19. The van der Waals surface area contributed by atoms with E-state index in [0.717, 1.165) is 38.5 Å². The van der Waals surface area contributed by atoms with Crippen LogP contribution in [0.1, 0.15) is 58.8 Å². The SMILES string of the molecule is CCOC(=O)CCCCCNC(=O)N1CCC(N2CC(CC)OC2=O)CC1. The highest BCUT2D eigenvalue weighted by Crippen LogP contribution is 2.23. The normalized spacial score (nSPS) is 20.5. The van der Waals surface area contributed by atoms with E-state index < -0.39 is 0 Å². The van der Waals surface area contributed by atoms with Crippen LogP contribution in [0.25, 0.3) is 0 Å². The number of rotatable bonds is 9. The number of esters is 1. The molecule has 2 aliphatic heterocycles. The summed E-state index contributed by atoms with van der Waals surface area (Å²) in [5.41, 5.74) is 0. The highest BCUT2D eigenvalue weighted by atomic mass is 16.6. The first-order valence-electron chi connectivity index (χ1n) is 10.2. The second kappa shape index (κ2) is 11.0. The Morgan fingerprint density at radius 2 is 1.93 bits per heavy atom. The van der Waals surface area contributed by atoms with Gasteiger partial charge in [0.1, 0.15) is 6.10 Å². The minimum atomic E-state index is -0.215. The maximum absolute atomic E-state index is 12.3. The zero-order valence-corrected chi connectivity index (χ0v) is 16.6. The Balaban J connectivity index is 1.57. The molecular weight excluding hydrogens is 350 g/mol. The lowest BCUT2D eigenvalue weighted by Crippen LogP contribution is -2.50. The number of nitrogens with zero attached hydrogens (tertiary/aromatic N) is 2. The van der Waals surface area contributed by atoms with Crippen molar-refractivity contribution in [1.82, 2.24) is 15.1 Å². The van der Waals surface area contributed by atoms with E-state index in [1.165, 1.54) is 0 Å². The summed E-state index contributed by atoms with van der Waals surface area (Å²) in [4.78, 5) is 39.1. The number of urea groups is 1. The smallest absolute Gasteiger partial charge is 0.410 e.